The van der Waals surface area contributed by atoms with E-state index in [1.54, 1.807) is 0 Å². The van der Waals surface area contributed by atoms with Crippen LogP contribution in [0.15, 0.2) is 0 Å². The fourth-order valence-corrected chi connectivity index (χ4v) is 2.33. The van der Waals surface area contributed by atoms with Crippen molar-refractivity contribution in [2.45, 2.75) is 49.9 Å². The van der Waals surface area contributed by atoms with Crippen LogP contribution in [-0.4, -0.2) is 92.6 Å². The van der Waals surface area contributed by atoms with Crippen molar-refractivity contribution in [2.24, 2.45) is 5.73 Å². The molecule has 0 heterocycles. The second-order valence-electron chi connectivity index (χ2n) is 6.36. The number of rotatable bonds is 15. The summed E-state index contributed by atoms with van der Waals surface area (Å²) in [6.07, 6.45) is -1.87. The molecule has 4 unspecified atom stereocenters. The van der Waals surface area contributed by atoms with E-state index in [4.69, 9.17) is 21.1 Å². The fraction of sp³-hybridized carbons (Fsp3) is 0.625. The van der Waals surface area contributed by atoms with Gasteiger partial charge >= 0.3 is 17.9 Å². The zero-order valence-electron chi connectivity index (χ0n) is 16.3. The molecule has 15 heteroatoms. The molecule has 176 valence electrons. The van der Waals surface area contributed by atoms with Crippen LogP contribution in [0, 0.1) is 0 Å². The Balaban J connectivity index is 5.23. The van der Waals surface area contributed by atoms with Crippen LogP contribution in [0.3, 0.4) is 0 Å². The van der Waals surface area contributed by atoms with E-state index in [2.05, 4.69) is 23.3 Å². The number of aliphatic hydroxyl groups is 1. The first-order valence-corrected chi connectivity index (χ1v) is 9.60. The van der Waals surface area contributed by atoms with Crippen molar-refractivity contribution in [2.75, 3.05) is 12.4 Å². The molecule has 0 rings (SSSR count). The van der Waals surface area contributed by atoms with Crippen molar-refractivity contribution in [3.63, 3.8) is 0 Å². The first-order valence-electron chi connectivity index (χ1n) is 8.97. The predicted molar refractivity (Wildman–Crippen MR) is 106 cm³/mol. The normalized spacial score (nSPS) is 14.4. The summed E-state index contributed by atoms with van der Waals surface area (Å²) >= 11 is 3.84. The maximum absolute atomic E-state index is 12.4. The van der Waals surface area contributed by atoms with Crippen LogP contribution in [0.4, 0.5) is 0 Å². The molecule has 0 aromatic carbocycles. The molecule has 0 saturated carbocycles. The molecule has 31 heavy (non-hydrogen) atoms. The molecule has 0 aromatic rings. The fourth-order valence-electron chi connectivity index (χ4n) is 2.16. The molecule has 0 aliphatic rings. The highest BCUT2D eigenvalue weighted by molar-refractivity contribution is 7.80. The van der Waals surface area contributed by atoms with Crippen LogP contribution >= 0.6 is 12.6 Å². The van der Waals surface area contributed by atoms with Gasteiger partial charge in [0.2, 0.25) is 17.7 Å². The van der Waals surface area contributed by atoms with Crippen LogP contribution in [0.25, 0.3) is 0 Å². The molecule has 0 fully saturated rings. The zero-order chi connectivity index (χ0) is 24.1. The molecule has 9 N–H and O–H groups in total. The van der Waals surface area contributed by atoms with E-state index < -0.39 is 85.7 Å². The van der Waals surface area contributed by atoms with E-state index >= 15 is 0 Å². The summed E-state index contributed by atoms with van der Waals surface area (Å²) in [4.78, 5) is 69.2. The molecule has 0 radical (unpaired) electrons. The number of hydrogen-bond donors (Lipinski definition) is 9. The largest absolute Gasteiger partial charge is 0.481 e. The molecule has 0 aliphatic carbocycles. The van der Waals surface area contributed by atoms with Gasteiger partial charge in [-0.3, -0.25) is 24.0 Å². The Morgan fingerprint density at radius 2 is 1.16 bits per heavy atom. The Hall–Kier alpha value is -2.91. The standard InChI is InChI=1S/C16H26N4O10S/c17-7(6-31)13(26)18-8(1-3-11(22)23)14(27)20-10(5-21)15(28)19-9(16(29)30)2-4-12(24)25/h7-10,21,31H,1-6,17H2,(H,18,26)(H,19,28)(H,20,27)(H,22,23)(H,24,25)(H,29,30). The molecule has 0 aromatic heterocycles. The Labute approximate surface area is 182 Å². The van der Waals surface area contributed by atoms with Crippen LogP contribution < -0.4 is 21.7 Å². The molecule has 0 saturated heterocycles. The monoisotopic (exact) mass is 466 g/mol. The second-order valence-corrected chi connectivity index (χ2v) is 6.72. The lowest BCUT2D eigenvalue weighted by Crippen LogP contribution is -2.58. The number of aliphatic carboxylic acids is 3. The quantitative estimate of drug-likeness (QED) is 0.107. The lowest BCUT2D eigenvalue weighted by atomic mass is 10.1. The van der Waals surface area contributed by atoms with Crippen molar-refractivity contribution >= 4 is 48.3 Å². The molecular formula is C16H26N4O10S. The van der Waals surface area contributed by atoms with Gasteiger partial charge in [-0.25, -0.2) is 4.79 Å². The third-order valence-electron chi connectivity index (χ3n) is 3.89. The minimum atomic E-state index is -1.65. The third-order valence-corrected chi connectivity index (χ3v) is 4.28. The smallest absolute Gasteiger partial charge is 0.326 e. The van der Waals surface area contributed by atoms with Gasteiger partial charge < -0.3 is 42.1 Å². The highest BCUT2D eigenvalue weighted by Crippen LogP contribution is 2.02. The summed E-state index contributed by atoms with van der Waals surface area (Å²) in [5.41, 5.74) is 5.49. The molecule has 0 aliphatic heterocycles. The lowest BCUT2D eigenvalue weighted by Gasteiger charge is -2.23. The van der Waals surface area contributed by atoms with Gasteiger partial charge in [0, 0.05) is 18.6 Å². The lowest BCUT2D eigenvalue weighted by molar-refractivity contribution is -0.143. The highest BCUT2D eigenvalue weighted by atomic mass is 32.1. The first-order chi connectivity index (χ1) is 14.4. The number of thiol groups is 1. The van der Waals surface area contributed by atoms with Gasteiger partial charge in [0.1, 0.15) is 18.1 Å². The minimum Gasteiger partial charge on any atom is -0.481 e. The highest BCUT2D eigenvalue weighted by Gasteiger charge is 2.30. The minimum absolute atomic E-state index is 0.0618. The Bertz CT molecular complexity index is 689. The molecule has 0 bridgehead atoms. The average molecular weight is 466 g/mol. The molecular weight excluding hydrogens is 440 g/mol. The summed E-state index contributed by atoms with van der Waals surface area (Å²) in [5.74, 6) is -7.08. The Morgan fingerprint density at radius 1 is 0.742 bits per heavy atom. The maximum Gasteiger partial charge on any atom is 0.326 e. The van der Waals surface area contributed by atoms with Gasteiger partial charge in [0.25, 0.3) is 0 Å². The predicted octanol–water partition coefficient (Wildman–Crippen LogP) is -3.50. The van der Waals surface area contributed by atoms with Gasteiger partial charge in [0.15, 0.2) is 0 Å². The van der Waals surface area contributed by atoms with Gasteiger partial charge in [-0.05, 0) is 12.8 Å². The zero-order valence-corrected chi connectivity index (χ0v) is 17.2. The van der Waals surface area contributed by atoms with Crippen LogP contribution in [0.5, 0.6) is 0 Å². The van der Waals surface area contributed by atoms with Gasteiger partial charge in [-0.2, -0.15) is 12.6 Å². The number of nitrogens with one attached hydrogen (secondary N) is 3. The molecule has 0 spiro atoms. The summed E-state index contributed by atoms with van der Waals surface area (Å²) in [6.45, 7) is -0.960. The number of amides is 3. The summed E-state index contributed by atoms with van der Waals surface area (Å²) < 4.78 is 0. The van der Waals surface area contributed by atoms with E-state index in [1.165, 1.54) is 0 Å². The number of carboxylic acid groups (broad SMARTS) is 3. The molecule has 4 atom stereocenters. The van der Waals surface area contributed by atoms with Crippen LogP contribution in [0.2, 0.25) is 0 Å². The van der Waals surface area contributed by atoms with E-state index in [0.29, 0.717) is 0 Å². The number of nitrogens with two attached hydrogens (primary N) is 1. The number of hydrogen-bond acceptors (Lipinski definition) is 9. The Kier molecular flexibility index (Phi) is 12.8. The second kappa shape index (κ2) is 14.2. The van der Waals surface area contributed by atoms with Gasteiger partial charge in [-0.15, -0.1) is 0 Å². The van der Waals surface area contributed by atoms with Crippen molar-refractivity contribution in [1.29, 1.82) is 0 Å². The van der Waals surface area contributed by atoms with Crippen LogP contribution in [0.1, 0.15) is 25.7 Å². The van der Waals surface area contributed by atoms with Crippen LogP contribution in [-0.2, 0) is 28.8 Å². The van der Waals surface area contributed by atoms with E-state index in [-0.39, 0.29) is 12.2 Å². The summed E-state index contributed by atoms with van der Waals surface area (Å²) in [7, 11) is 0. The van der Waals surface area contributed by atoms with Crippen molar-refractivity contribution in [1.82, 2.24) is 16.0 Å². The first kappa shape index (κ1) is 28.1. The van der Waals surface area contributed by atoms with Crippen molar-refractivity contribution in [3.8, 4) is 0 Å². The maximum atomic E-state index is 12.4. The molecule has 14 nitrogen and oxygen atoms in total. The Morgan fingerprint density at radius 3 is 1.58 bits per heavy atom. The van der Waals surface area contributed by atoms with Gasteiger partial charge in [-0.1, -0.05) is 0 Å². The third kappa shape index (κ3) is 11.2. The SMILES string of the molecule is NC(CS)C(=O)NC(CCC(=O)O)C(=O)NC(CO)C(=O)NC(CCC(=O)O)C(=O)O. The number of carbonyl (C=O) groups is 6. The number of carboxylic acids is 3. The summed E-state index contributed by atoms with van der Waals surface area (Å²) in [5, 5.41) is 42.2. The summed E-state index contributed by atoms with van der Waals surface area (Å²) in [6, 6.07) is -5.75. The number of carbonyl (C=O) groups excluding carboxylic acids is 3. The number of aliphatic hydroxyl groups excluding tert-OH is 1. The van der Waals surface area contributed by atoms with Crippen molar-refractivity contribution < 1.29 is 49.2 Å². The van der Waals surface area contributed by atoms with E-state index in [0.717, 1.165) is 0 Å². The molecule has 3 amide bonds. The topological polar surface area (TPSA) is 245 Å². The van der Waals surface area contributed by atoms with Crippen molar-refractivity contribution in [3.05, 3.63) is 0 Å². The van der Waals surface area contributed by atoms with Gasteiger partial charge in [0.05, 0.1) is 12.6 Å². The van der Waals surface area contributed by atoms with E-state index in [9.17, 15) is 33.9 Å². The van der Waals surface area contributed by atoms with E-state index in [1.807, 2.05) is 5.32 Å². The average Bonchev–Trinajstić information content (AvgIpc) is 2.70.